The fourth-order valence-corrected chi connectivity index (χ4v) is 4.21. The van der Waals surface area contributed by atoms with Gasteiger partial charge in [0.15, 0.2) is 0 Å². The molecule has 0 aliphatic heterocycles. The lowest BCUT2D eigenvalue weighted by Gasteiger charge is -2.17. The van der Waals surface area contributed by atoms with Crippen LogP contribution >= 0.6 is 23.2 Å². The predicted octanol–water partition coefficient (Wildman–Crippen LogP) is 4.66. The van der Waals surface area contributed by atoms with Gasteiger partial charge < -0.3 is 5.32 Å². The highest BCUT2D eigenvalue weighted by Gasteiger charge is 2.19. The first-order chi connectivity index (χ1) is 12.9. The number of anilines is 1. The second-order valence-corrected chi connectivity index (χ2v) is 9.00. The summed E-state index contributed by atoms with van der Waals surface area (Å²) >= 11 is 11.8. The fraction of sp³-hybridized carbons (Fsp3) is 0.211. The maximum Gasteiger partial charge on any atom is 0.242 e. The highest BCUT2D eigenvalue weighted by molar-refractivity contribution is 7.89. The largest absolute Gasteiger partial charge is 0.384 e. The topological polar surface area (TPSA) is 62.3 Å². The third kappa shape index (κ3) is 4.71. The van der Waals surface area contributed by atoms with Crippen LogP contribution in [0.2, 0.25) is 10.0 Å². The van der Waals surface area contributed by atoms with Crippen molar-refractivity contribution in [3.63, 3.8) is 0 Å². The molecule has 142 valence electrons. The van der Waals surface area contributed by atoms with Crippen molar-refractivity contribution in [2.24, 2.45) is 0 Å². The second-order valence-electron chi connectivity index (χ2n) is 6.08. The molecule has 0 bridgehead atoms. The minimum atomic E-state index is -3.52. The minimum absolute atomic E-state index is 0.236. The van der Waals surface area contributed by atoms with Gasteiger partial charge in [0.2, 0.25) is 10.0 Å². The number of benzene rings is 2. The lowest BCUT2D eigenvalue weighted by molar-refractivity contribution is 0.465. The van der Waals surface area contributed by atoms with Crippen molar-refractivity contribution < 1.29 is 8.42 Å². The maximum atomic E-state index is 12.6. The first-order valence-electron chi connectivity index (χ1n) is 8.38. The Kier molecular flexibility index (Phi) is 6.22. The quantitative estimate of drug-likeness (QED) is 0.561. The highest BCUT2D eigenvalue weighted by atomic mass is 35.5. The Morgan fingerprint density at radius 3 is 2.48 bits per heavy atom. The number of halogens is 2. The van der Waals surface area contributed by atoms with Crippen LogP contribution in [-0.2, 0) is 10.0 Å². The molecule has 0 unspecified atom stereocenters. The Morgan fingerprint density at radius 2 is 1.74 bits per heavy atom. The van der Waals surface area contributed by atoms with E-state index >= 15 is 0 Å². The van der Waals surface area contributed by atoms with E-state index in [-0.39, 0.29) is 4.90 Å². The molecule has 5 nitrogen and oxygen atoms in total. The Balaban J connectivity index is 1.59. The van der Waals surface area contributed by atoms with E-state index in [4.69, 9.17) is 23.2 Å². The normalized spacial score (nSPS) is 11.9. The van der Waals surface area contributed by atoms with Crippen molar-refractivity contribution in [3.05, 3.63) is 64.8 Å². The third-order valence-electron chi connectivity index (χ3n) is 4.19. The molecule has 0 radical (unpaired) electrons. The SMILES string of the molecule is CN(CCCNc1ccnc2cc(Cl)ccc12)S(=O)(=O)c1ccc(Cl)cc1. The summed E-state index contributed by atoms with van der Waals surface area (Å²) in [7, 11) is -1.94. The maximum absolute atomic E-state index is 12.6. The molecule has 3 aromatic rings. The second kappa shape index (κ2) is 8.44. The number of rotatable bonds is 7. The van der Waals surface area contributed by atoms with Gasteiger partial charge >= 0.3 is 0 Å². The molecule has 1 N–H and O–H groups in total. The standard InChI is InChI=1S/C19H19Cl2N3O2S/c1-24(27(25,26)16-6-3-14(20)4-7-16)12-2-10-22-18-9-11-23-19-13-15(21)5-8-17(18)19/h3-9,11,13H,2,10,12H2,1H3,(H,22,23). The van der Waals surface area contributed by atoms with Crippen molar-refractivity contribution in [2.45, 2.75) is 11.3 Å². The number of nitrogens with zero attached hydrogens (tertiary/aromatic N) is 2. The van der Waals surface area contributed by atoms with Crippen LogP contribution in [0, 0.1) is 0 Å². The van der Waals surface area contributed by atoms with Crippen LogP contribution in [0.4, 0.5) is 5.69 Å². The van der Waals surface area contributed by atoms with E-state index in [1.807, 2.05) is 24.3 Å². The van der Waals surface area contributed by atoms with Crippen molar-refractivity contribution in [1.82, 2.24) is 9.29 Å². The first-order valence-corrected chi connectivity index (χ1v) is 10.6. The van der Waals surface area contributed by atoms with E-state index in [0.29, 0.717) is 29.6 Å². The summed E-state index contributed by atoms with van der Waals surface area (Å²) in [6.07, 6.45) is 2.37. The lowest BCUT2D eigenvalue weighted by Crippen LogP contribution is -2.29. The molecular formula is C19H19Cl2N3O2S. The molecular weight excluding hydrogens is 405 g/mol. The molecule has 0 saturated carbocycles. The summed E-state index contributed by atoms with van der Waals surface area (Å²) in [5.41, 5.74) is 1.76. The molecule has 2 aromatic carbocycles. The van der Waals surface area contributed by atoms with Crippen LogP contribution < -0.4 is 5.32 Å². The van der Waals surface area contributed by atoms with E-state index in [9.17, 15) is 8.42 Å². The lowest BCUT2D eigenvalue weighted by atomic mass is 10.2. The molecule has 0 saturated heterocycles. The van der Waals surface area contributed by atoms with Crippen LogP contribution in [0.25, 0.3) is 10.9 Å². The van der Waals surface area contributed by atoms with Gasteiger partial charge in [-0.25, -0.2) is 12.7 Å². The number of hydrogen-bond acceptors (Lipinski definition) is 4. The number of nitrogens with one attached hydrogen (secondary N) is 1. The molecule has 0 atom stereocenters. The Hall–Kier alpha value is -1.86. The zero-order chi connectivity index (χ0) is 19.4. The first kappa shape index (κ1) is 19.9. The van der Waals surface area contributed by atoms with Crippen LogP contribution in [-0.4, -0.2) is 37.8 Å². The molecule has 0 spiro atoms. The fourth-order valence-electron chi connectivity index (χ4n) is 2.71. The average molecular weight is 424 g/mol. The Morgan fingerprint density at radius 1 is 1.04 bits per heavy atom. The zero-order valence-electron chi connectivity index (χ0n) is 14.7. The zero-order valence-corrected chi connectivity index (χ0v) is 17.0. The number of fused-ring (bicyclic) bond motifs is 1. The van der Waals surface area contributed by atoms with Gasteiger partial charge in [-0.1, -0.05) is 23.2 Å². The summed E-state index contributed by atoms with van der Waals surface area (Å²) < 4.78 is 26.5. The summed E-state index contributed by atoms with van der Waals surface area (Å²) in [5.74, 6) is 0. The van der Waals surface area contributed by atoms with E-state index in [0.717, 1.165) is 16.6 Å². The van der Waals surface area contributed by atoms with Gasteiger partial charge in [0, 0.05) is 47.5 Å². The van der Waals surface area contributed by atoms with Gasteiger partial charge in [-0.05, 0) is 55.0 Å². The summed E-state index contributed by atoms with van der Waals surface area (Å²) in [4.78, 5) is 4.55. The monoisotopic (exact) mass is 423 g/mol. The molecule has 1 aromatic heterocycles. The Bertz CT molecular complexity index is 1040. The van der Waals surface area contributed by atoms with Crippen LogP contribution in [0.1, 0.15) is 6.42 Å². The summed E-state index contributed by atoms with van der Waals surface area (Å²) in [6.45, 7) is 1.02. The minimum Gasteiger partial charge on any atom is -0.384 e. The predicted molar refractivity (Wildman–Crippen MR) is 111 cm³/mol. The van der Waals surface area contributed by atoms with Crippen molar-refractivity contribution in [1.29, 1.82) is 0 Å². The number of sulfonamides is 1. The van der Waals surface area contributed by atoms with Gasteiger partial charge in [-0.2, -0.15) is 0 Å². The molecule has 27 heavy (non-hydrogen) atoms. The van der Waals surface area contributed by atoms with E-state index in [1.54, 1.807) is 25.4 Å². The smallest absolute Gasteiger partial charge is 0.242 e. The van der Waals surface area contributed by atoms with Gasteiger partial charge in [0.1, 0.15) is 0 Å². The van der Waals surface area contributed by atoms with Gasteiger partial charge in [0.25, 0.3) is 0 Å². The number of aromatic nitrogens is 1. The van der Waals surface area contributed by atoms with Crippen LogP contribution in [0.15, 0.2) is 59.6 Å². The van der Waals surface area contributed by atoms with Crippen molar-refractivity contribution in [3.8, 4) is 0 Å². The summed E-state index contributed by atoms with van der Waals surface area (Å²) in [6, 6.07) is 13.6. The molecule has 0 aliphatic carbocycles. The van der Waals surface area contributed by atoms with Gasteiger partial charge in [-0.3, -0.25) is 4.98 Å². The molecule has 0 fully saturated rings. The van der Waals surface area contributed by atoms with Crippen molar-refractivity contribution in [2.75, 3.05) is 25.5 Å². The average Bonchev–Trinajstić information content (AvgIpc) is 2.65. The highest BCUT2D eigenvalue weighted by Crippen LogP contribution is 2.24. The number of pyridine rings is 1. The van der Waals surface area contributed by atoms with Gasteiger partial charge in [-0.15, -0.1) is 0 Å². The van der Waals surface area contributed by atoms with E-state index in [2.05, 4.69) is 10.3 Å². The van der Waals surface area contributed by atoms with Crippen LogP contribution in [0.3, 0.4) is 0 Å². The molecule has 3 rings (SSSR count). The van der Waals surface area contributed by atoms with Crippen molar-refractivity contribution >= 4 is 49.8 Å². The molecule has 0 aliphatic rings. The molecule has 1 heterocycles. The molecule has 8 heteroatoms. The summed E-state index contributed by atoms with van der Waals surface area (Å²) in [5, 5.41) is 5.46. The van der Waals surface area contributed by atoms with E-state index < -0.39 is 10.0 Å². The number of hydrogen-bond donors (Lipinski definition) is 1. The van der Waals surface area contributed by atoms with Crippen LogP contribution in [0.5, 0.6) is 0 Å². The Labute approximate surface area is 169 Å². The molecule has 0 amide bonds. The third-order valence-corrected chi connectivity index (χ3v) is 6.55. The van der Waals surface area contributed by atoms with Gasteiger partial charge in [0.05, 0.1) is 10.4 Å². The van der Waals surface area contributed by atoms with E-state index in [1.165, 1.54) is 16.4 Å².